The van der Waals surface area contributed by atoms with Crippen LogP contribution < -0.4 is 0 Å². The van der Waals surface area contributed by atoms with Crippen LogP contribution in [-0.2, 0) is 20.3 Å². The number of aryl methyl sites for hydroxylation is 1. The Bertz CT molecular complexity index is 389. The van der Waals surface area contributed by atoms with Gasteiger partial charge in [0.15, 0.2) is 5.41 Å². The van der Waals surface area contributed by atoms with E-state index in [1.807, 2.05) is 19.1 Å². The van der Waals surface area contributed by atoms with Gasteiger partial charge in [0.05, 0.1) is 0 Å². The zero-order valence-corrected chi connectivity index (χ0v) is 12.9. The van der Waals surface area contributed by atoms with Gasteiger partial charge in [0.1, 0.15) is 0 Å². The molecule has 0 aliphatic heterocycles. The molecule has 1 aromatic rings. The first-order chi connectivity index (χ1) is 9.15. The normalized spacial score (nSPS) is 11.5. The Hall–Kier alpha value is -0.943. The molecule has 2 radical (unpaired) electrons. The van der Waals surface area contributed by atoms with Crippen LogP contribution in [0.1, 0.15) is 24.5 Å². The van der Waals surface area contributed by atoms with Gasteiger partial charge in [-0.3, -0.25) is 0 Å². The van der Waals surface area contributed by atoms with Gasteiger partial charge < -0.3 is 13.9 Å². The lowest BCUT2D eigenvalue weighted by atomic mass is 10.0. The number of hydrogen-bond donors (Lipinski definition) is 0. The molecule has 0 heterocycles. The maximum Gasteiger partial charge on any atom is 0.304 e. The van der Waals surface area contributed by atoms with E-state index in [2.05, 4.69) is 24.8 Å². The van der Waals surface area contributed by atoms with Crippen LogP contribution in [0.5, 0.6) is 0 Å². The minimum atomic E-state index is -0.626. The molecule has 3 nitrogen and oxygen atoms in total. The van der Waals surface area contributed by atoms with Gasteiger partial charge in [-0.25, -0.2) is 0 Å². The second kappa shape index (κ2) is 8.27. The largest absolute Gasteiger partial charge is 0.412 e. The Labute approximate surface area is 118 Å². The lowest BCUT2D eigenvalue weighted by Crippen LogP contribution is -2.38. The van der Waals surface area contributed by atoms with Gasteiger partial charge in [-0.05, 0) is 30.9 Å². The predicted octanol–water partition coefficient (Wildman–Crippen LogP) is 2.86. The van der Waals surface area contributed by atoms with Gasteiger partial charge in [0, 0.05) is 20.8 Å². The van der Waals surface area contributed by atoms with Crippen molar-refractivity contribution in [1.82, 2.24) is 0 Å². The highest BCUT2D eigenvalue weighted by Crippen LogP contribution is 2.13. The first-order valence-corrected chi connectivity index (χ1v) is 7.25. The smallest absolute Gasteiger partial charge is 0.304 e. The van der Waals surface area contributed by atoms with Crippen LogP contribution in [0.15, 0.2) is 30.8 Å². The number of benzene rings is 1. The molecule has 4 heteroatoms. The summed E-state index contributed by atoms with van der Waals surface area (Å²) < 4.78 is 16.1. The molecule has 0 amide bonds. The van der Waals surface area contributed by atoms with Crippen LogP contribution in [-0.4, -0.2) is 36.0 Å². The van der Waals surface area contributed by atoms with Crippen LogP contribution in [0, 0.1) is 0 Å². The summed E-state index contributed by atoms with van der Waals surface area (Å²) in [5.41, 5.74) is 1.88. The molecule has 1 rings (SSSR count). The molecule has 0 aliphatic carbocycles. The number of methoxy groups -OCH3 is 2. The van der Waals surface area contributed by atoms with E-state index in [9.17, 15) is 0 Å². The Balaban J connectivity index is 2.29. The van der Waals surface area contributed by atoms with E-state index in [1.54, 1.807) is 14.2 Å². The Kier molecular flexibility index (Phi) is 7.01. The van der Waals surface area contributed by atoms with Gasteiger partial charge in [-0.2, -0.15) is 0 Å². The molecule has 0 unspecified atom stereocenters. The van der Waals surface area contributed by atoms with E-state index < -0.39 is 5.41 Å². The molecule has 1 aromatic carbocycles. The average Bonchev–Trinajstić information content (AvgIpc) is 2.47. The summed E-state index contributed by atoms with van der Waals surface area (Å²) in [6.45, 7) is 6.40. The second-order valence-corrected chi connectivity index (χ2v) is 5.71. The fourth-order valence-corrected chi connectivity index (χ4v) is 2.32. The summed E-state index contributed by atoms with van der Waals surface area (Å²) in [6, 6.07) is 8.30. The lowest BCUT2D eigenvalue weighted by Gasteiger charge is -2.24. The van der Waals surface area contributed by atoms with Gasteiger partial charge >= 0.3 is 9.76 Å². The monoisotopic (exact) mass is 278 g/mol. The molecule has 19 heavy (non-hydrogen) atoms. The molecule has 0 fully saturated rings. The molecule has 0 saturated heterocycles. The number of rotatable bonds is 9. The summed E-state index contributed by atoms with van der Waals surface area (Å²) in [4.78, 5) is 0. The fraction of sp³-hybridized carbons (Fsp3) is 0.467. The van der Waals surface area contributed by atoms with E-state index in [0.29, 0.717) is 6.61 Å². The third kappa shape index (κ3) is 5.28. The predicted molar refractivity (Wildman–Crippen MR) is 79.0 cm³/mol. The zero-order valence-electron chi connectivity index (χ0n) is 11.9. The van der Waals surface area contributed by atoms with Crippen molar-refractivity contribution >= 4 is 15.8 Å². The van der Waals surface area contributed by atoms with Crippen LogP contribution in [0.25, 0.3) is 6.08 Å². The van der Waals surface area contributed by atoms with Crippen molar-refractivity contribution in [1.29, 1.82) is 0 Å². The van der Waals surface area contributed by atoms with E-state index >= 15 is 0 Å². The minimum Gasteiger partial charge on any atom is -0.412 e. The van der Waals surface area contributed by atoms with Crippen molar-refractivity contribution in [3.63, 3.8) is 0 Å². The van der Waals surface area contributed by atoms with Crippen molar-refractivity contribution in [2.75, 3.05) is 20.8 Å². The van der Waals surface area contributed by atoms with Gasteiger partial charge in [-0.15, -0.1) is 0 Å². The van der Waals surface area contributed by atoms with Crippen molar-refractivity contribution in [3.05, 3.63) is 42.0 Å². The van der Waals surface area contributed by atoms with E-state index in [-0.39, 0.29) is 9.76 Å². The van der Waals surface area contributed by atoms with Gasteiger partial charge in [0.25, 0.3) is 0 Å². The van der Waals surface area contributed by atoms with Crippen LogP contribution in [0.2, 0.25) is 0 Å². The van der Waals surface area contributed by atoms with Crippen molar-refractivity contribution in [3.8, 4) is 0 Å². The highest BCUT2D eigenvalue weighted by Gasteiger charge is 2.25. The molecular formula is C15H22O3Si. The van der Waals surface area contributed by atoms with E-state index in [4.69, 9.17) is 13.9 Å². The van der Waals surface area contributed by atoms with Crippen LogP contribution in [0.3, 0.4) is 0 Å². The standard InChI is InChI=1S/C15H22O3Si/c1-5-13-9-6-7-10-14(13)11-8-12-18-19-15(2,16-3)17-4/h5-7,9-10H,1,8,11-12H2,2-4H3. The van der Waals surface area contributed by atoms with Gasteiger partial charge in [0.2, 0.25) is 0 Å². The zero-order chi connectivity index (χ0) is 14.1. The number of ether oxygens (including phenoxy) is 2. The molecular weight excluding hydrogens is 256 g/mol. The molecule has 0 aromatic heterocycles. The Morgan fingerprint density at radius 2 is 1.95 bits per heavy atom. The second-order valence-electron chi connectivity index (χ2n) is 4.31. The summed E-state index contributed by atoms with van der Waals surface area (Å²) in [7, 11) is 3.43. The van der Waals surface area contributed by atoms with Crippen LogP contribution >= 0.6 is 0 Å². The molecule has 0 atom stereocenters. The SMILES string of the molecule is C=Cc1ccccc1CCCO[Si]C(C)(OC)OC. The third-order valence-electron chi connectivity index (χ3n) is 3.00. The molecule has 0 N–H and O–H groups in total. The maximum absolute atomic E-state index is 5.63. The first kappa shape index (κ1) is 16.1. The van der Waals surface area contributed by atoms with Crippen molar-refractivity contribution in [2.45, 2.75) is 25.2 Å². The topological polar surface area (TPSA) is 27.7 Å². The highest BCUT2D eigenvalue weighted by atomic mass is 28.2. The van der Waals surface area contributed by atoms with Crippen molar-refractivity contribution in [2.24, 2.45) is 0 Å². The van der Waals surface area contributed by atoms with Gasteiger partial charge in [-0.1, -0.05) is 36.9 Å². The highest BCUT2D eigenvalue weighted by molar-refractivity contribution is 6.30. The summed E-state index contributed by atoms with van der Waals surface area (Å²) in [5.74, 6) is 0. The molecule has 0 bridgehead atoms. The summed E-state index contributed by atoms with van der Waals surface area (Å²) in [5, 5.41) is 0. The first-order valence-electron chi connectivity index (χ1n) is 6.35. The fourth-order valence-electron chi connectivity index (χ4n) is 1.64. The summed E-state index contributed by atoms with van der Waals surface area (Å²) >= 11 is 0. The van der Waals surface area contributed by atoms with E-state index in [1.165, 1.54) is 11.1 Å². The maximum atomic E-state index is 5.63. The Morgan fingerprint density at radius 3 is 2.58 bits per heavy atom. The lowest BCUT2D eigenvalue weighted by molar-refractivity contribution is -0.138. The molecule has 0 spiro atoms. The third-order valence-corrected chi connectivity index (χ3v) is 4.13. The quantitative estimate of drug-likeness (QED) is 0.395. The van der Waals surface area contributed by atoms with Crippen molar-refractivity contribution < 1.29 is 13.9 Å². The Morgan fingerprint density at radius 1 is 1.26 bits per heavy atom. The minimum absolute atomic E-state index is 0.177. The average molecular weight is 278 g/mol. The molecule has 0 aliphatic rings. The van der Waals surface area contributed by atoms with E-state index in [0.717, 1.165) is 12.8 Å². The molecule has 104 valence electrons. The summed E-state index contributed by atoms with van der Waals surface area (Å²) in [6.07, 6.45) is 3.86. The number of hydrogen-bond acceptors (Lipinski definition) is 3. The van der Waals surface area contributed by atoms with Crippen LogP contribution in [0.4, 0.5) is 0 Å². The molecule has 0 saturated carbocycles.